The molecular formula is C10H9NO3S. The summed E-state index contributed by atoms with van der Waals surface area (Å²) in [6.07, 6.45) is 1.87. The Kier molecular flexibility index (Phi) is 2.64. The Morgan fingerprint density at radius 1 is 1.53 bits per heavy atom. The Bertz CT molecular complexity index is 555. The Hall–Kier alpha value is -1.49. The van der Waals surface area contributed by atoms with Crippen LogP contribution in [0.4, 0.5) is 0 Å². The van der Waals surface area contributed by atoms with E-state index in [2.05, 4.69) is 4.98 Å². The minimum Gasteiger partial charge on any atom is -0.408 e. The van der Waals surface area contributed by atoms with E-state index in [-0.39, 0.29) is 5.78 Å². The first kappa shape index (κ1) is 10.0. The van der Waals surface area contributed by atoms with Crippen molar-refractivity contribution in [3.8, 4) is 0 Å². The van der Waals surface area contributed by atoms with Gasteiger partial charge in [-0.2, -0.15) is 11.8 Å². The number of ketones is 1. The van der Waals surface area contributed by atoms with E-state index in [4.69, 9.17) is 4.42 Å². The second-order valence-corrected chi connectivity index (χ2v) is 3.95. The summed E-state index contributed by atoms with van der Waals surface area (Å²) in [5.74, 6) is -0.0344. The lowest BCUT2D eigenvalue weighted by atomic mass is 10.1. The molecule has 2 rings (SSSR count). The number of hydrogen-bond donors (Lipinski definition) is 1. The molecule has 0 fully saturated rings. The maximum absolute atomic E-state index is 11.5. The van der Waals surface area contributed by atoms with Gasteiger partial charge in [-0.05, 0) is 24.5 Å². The number of aromatic amines is 1. The van der Waals surface area contributed by atoms with E-state index in [0.717, 1.165) is 0 Å². The number of carbonyl (C=O) groups excluding carboxylic acids is 1. The van der Waals surface area contributed by atoms with Crippen LogP contribution in [0.2, 0.25) is 0 Å². The van der Waals surface area contributed by atoms with E-state index in [1.807, 2.05) is 6.26 Å². The number of aromatic nitrogens is 1. The smallest absolute Gasteiger partial charge is 0.408 e. The van der Waals surface area contributed by atoms with Gasteiger partial charge in [0, 0.05) is 5.56 Å². The van der Waals surface area contributed by atoms with Gasteiger partial charge < -0.3 is 4.42 Å². The van der Waals surface area contributed by atoms with E-state index in [1.54, 1.807) is 18.2 Å². The highest BCUT2D eigenvalue weighted by molar-refractivity contribution is 7.99. The summed E-state index contributed by atoms with van der Waals surface area (Å²) in [5, 5.41) is 0. The summed E-state index contributed by atoms with van der Waals surface area (Å²) < 4.78 is 4.87. The van der Waals surface area contributed by atoms with E-state index in [9.17, 15) is 9.59 Å². The minimum atomic E-state index is -0.500. The first-order chi connectivity index (χ1) is 7.20. The predicted octanol–water partition coefficient (Wildman–Crippen LogP) is 1.67. The topological polar surface area (TPSA) is 63.1 Å². The van der Waals surface area contributed by atoms with Crippen LogP contribution in [0, 0.1) is 0 Å². The third-order valence-electron chi connectivity index (χ3n) is 2.02. The number of oxazole rings is 1. The predicted molar refractivity (Wildman–Crippen MR) is 59.5 cm³/mol. The zero-order valence-electron chi connectivity index (χ0n) is 8.07. The molecule has 0 amide bonds. The van der Waals surface area contributed by atoms with Gasteiger partial charge in [-0.25, -0.2) is 4.79 Å². The lowest BCUT2D eigenvalue weighted by molar-refractivity contribution is 0.102. The molecule has 0 spiro atoms. The van der Waals surface area contributed by atoms with Crippen LogP contribution in [-0.2, 0) is 0 Å². The van der Waals surface area contributed by atoms with Crippen molar-refractivity contribution < 1.29 is 9.21 Å². The van der Waals surface area contributed by atoms with E-state index < -0.39 is 5.76 Å². The molecule has 0 saturated heterocycles. The molecule has 2 aromatic rings. The molecule has 0 unspecified atom stereocenters. The molecule has 0 saturated carbocycles. The Morgan fingerprint density at radius 3 is 3.07 bits per heavy atom. The van der Waals surface area contributed by atoms with Crippen molar-refractivity contribution >= 4 is 28.6 Å². The Balaban J connectivity index is 2.46. The molecule has 15 heavy (non-hydrogen) atoms. The second kappa shape index (κ2) is 3.94. The molecule has 0 radical (unpaired) electrons. The molecule has 0 bridgehead atoms. The van der Waals surface area contributed by atoms with Crippen LogP contribution >= 0.6 is 11.8 Å². The van der Waals surface area contributed by atoms with E-state index in [0.29, 0.717) is 22.4 Å². The van der Waals surface area contributed by atoms with Crippen LogP contribution < -0.4 is 5.76 Å². The van der Waals surface area contributed by atoms with Gasteiger partial charge in [0.2, 0.25) is 0 Å². The number of benzene rings is 1. The fraction of sp³-hybridized carbons (Fsp3) is 0.200. The van der Waals surface area contributed by atoms with Gasteiger partial charge in [-0.1, -0.05) is 0 Å². The van der Waals surface area contributed by atoms with Gasteiger partial charge >= 0.3 is 5.76 Å². The lowest BCUT2D eigenvalue weighted by Crippen LogP contribution is -2.01. The zero-order chi connectivity index (χ0) is 10.8. The monoisotopic (exact) mass is 223 g/mol. The molecule has 5 heteroatoms. The lowest BCUT2D eigenvalue weighted by Gasteiger charge is -1.97. The summed E-state index contributed by atoms with van der Waals surface area (Å²) in [7, 11) is 0. The van der Waals surface area contributed by atoms with E-state index >= 15 is 0 Å². The molecule has 4 nitrogen and oxygen atoms in total. The van der Waals surface area contributed by atoms with Gasteiger partial charge in [0.25, 0.3) is 0 Å². The summed E-state index contributed by atoms with van der Waals surface area (Å²) in [6, 6.07) is 4.95. The molecule has 1 heterocycles. The van der Waals surface area contributed by atoms with Crippen molar-refractivity contribution in [3.05, 3.63) is 34.3 Å². The van der Waals surface area contributed by atoms with E-state index in [1.165, 1.54) is 11.8 Å². The highest BCUT2D eigenvalue weighted by Crippen LogP contribution is 2.13. The van der Waals surface area contributed by atoms with Crippen molar-refractivity contribution in [2.24, 2.45) is 0 Å². The van der Waals surface area contributed by atoms with Crippen molar-refractivity contribution in [3.63, 3.8) is 0 Å². The molecule has 78 valence electrons. The molecule has 1 aromatic carbocycles. The van der Waals surface area contributed by atoms with Crippen LogP contribution in [-0.4, -0.2) is 22.8 Å². The molecule has 0 aliphatic carbocycles. The molecule has 1 aromatic heterocycles. The van der Waals surface area contributed by atoms with Gasteiger partial charge in [-0.3, -0.25) is 9.78 Å². The summed E-state index contributed by atoms with van der Waals surface area (Å²) >= 11 is 1.47. The SMILES string of the molecule is CSCC(=O)c1ccc2[nH]c(=O)oc2c1. The molecule has 0 aliphatic heterocycles. The number of fused-ring (bicyclic) bond motifs is 1. The number of Topliss-reactive ketones (excluding diaryl/α,β-unsaturated/α-hetero) is 1. The fourth-order valence-corrected chi connectivity index (χ4v) is 1.76. The minimum absolute atomic E-state index is 0.0354. The number of carbonyl (C=O) groups is 1. The van der Waals surface area contributed by atoms with Crippen LogP contribution in [0.5, 0.6) is 0 Å². The maximum Gasteiger partial charge on any atom is 0.417 e. The molecule has 0 aliphatic rings. The zero-order valence-corrected chi connectivity index (χ0v) is 8.89. The van der Waals surface area contributed by atoms with Gasteiger partial charge in [-0.15, -0.1) is 0 Å². The average Bonchev–Trinajstić information content (AvgIpc) is 2.57. The Morgan fingerprint density at radius 2 is 2.33 bits per heavy atom. The van der Waals surface area contributed by atoms with Gasteiger partial charge in [0.05, 0.1) is 11.3 Å². The third-order valence-corrected chi connectivity index (χ3v) is 2.57. The highest BCUT2D eigenvalue weighted by atomic mass is 32.2. The number of H-pyrrole nitrogens is 1. The standard InChI is InChI=1S/C10H9NO3S/c1-15-5-8(12)6-2-3-7-9(4-6)14-10(13)11-7/h2-4H,5H2,1H3,(H,11,13). The third kappa shape index (κ3) is 1.97. The fourth-order valence-electron chi connectivity index (χ4n) is 1.33. The molecule has 0 atom stereocenters. The number of thioether (sulfide) groups is 1. The molecular weight excluding hydrogens is 214 g/mol. The first-order valence-electron chi connectivity index (χ1n) is 4.36. The number of rotatable bonds is 3. The quantitative estimate of drug-likeness (QED) is 0.804. The maximum atomic E-state index is 11.5. The first-order valence-corrected chi connectivity index (χ1v) is 5.75. The summed E-state index contributed by atoms with van der Waals surface area (Å²) in [6.45, 7) is 0. The Labute approximate surface area is 89.7 Å². The summed E-state index contributed by atoms with van der Waals surface area (Å²) in [5.41, 5.74) is 1.60. The summed E-state index contributed by atoms with van der Waals surface area (Å²) in [4.78, 5) is 24.9. The van der Waals surface area contributed by atoms with Gasteiger partial charge in [0.15, 0.2) is 11.4 Å². The van der Waals surface area contributed by atoms with Crippen molar-refractivity contribution in [2.75, 3.05) is 12.0 Å². The number of hydrogen-bond acceptors (Lipinski definition) is 4. The van der Waals surface area contributed by atoms with Crippen molar-refractivity contribution in [2.45, 2.75) is 0 Å². The number of nitrogens with one attached hydrogen (secondary N) is 1. The van der Waals surface area contributed by atoms with Crippen LogP contribution in [0.1, 0.15) is 10.4 Å². The van der Waals surface area contributed by atoms with Crippen molar-refractivity contribution in [1.29, 1.82) is 0 Å². The average molecular weight is 223 g/mol. The highest BCUT2D eigenvalue weighted by Gasteiger charge is 2.08. The van der Waals surface area contributed by atoms with Crippen LogP contribution in [0.15, 0.2) is 27.4 Å². The second-order valence-electron chi connectivity index (χ2n) is 3.08. The largest absolute Gasteiger partial charge is 0.417 e. The van der Waals surface area contributed by atoms with Crippen LogP contribution in [0.25, 0.3) is 11.1 Å². The van der Waals surface area contributed by atoms with Crippen molar-refractivity contribution in [1.82, 2.24) is 4.98 Å². The van der Waals surface area contributed by atoms with Gasteiger partial charge in [0.1, 0.15) is 0 Å². The van der Waals surface area contributed by atoms with Crippen LogP contribution in [0.3, 0.4) is 0 Å². The molecule has 1 N–H and O–H groups in total. The normalized spacial score (nSPS) is 10.7.